The third-order valence-electron chi connectivity index (χ3n) is 1.61. The van der Waals surface area contributed by atoms with Crippen molar-refractivity contribution < 1.29 is 18.8 Å². The molecular weight excluding hydrogens is 278 g/mol. The predicted molar refractivity (Wildman–Crippen MR) is 49.5 cm³/mol. The molecule has 0 saturated heterocycles. The molecule has 0 aliphatic rings. The van der Waals surface area contributed by atoms with E-state index in [9.17, 15) is 18.9 Å². The molecule has 1 N–H and O–H groups in total. The average Bonchev–Trinajstić information content (AvgIpc) is 2.16. The van der Waals surface area contributed by atoms with Gasteiger partial charge in [-0.25, -0.2) is 8.78 Å². The maximum atomic E-state index is 12.4. The highest BCUT2D eigenvalue weighted by atomic mass is 79.9. The number of halogens is 3. The normalized spacial score (nSPS) is 10.7. The minimum absolute atomic E-state index is 0.0499. The smallest absolute Gasteiger partial charge is 0.372 e. The molecule has 1 aromatic heterocycles. The van der Waals surface area contributed by atoms with Gasteiger partial charge in [0.1, 0.15) is 12.2 Å². The van der Waals surface area contributed by atoms with E-state index in [1.165, 1.54) is 0 Å². The van der Waals surface area contributed by atoms with E-state index in [2.05, 4.69) is 20.9 Å². The van der Waals surface area contributed by atoms with Crippen LogP contribution < -0.4 is 0 Å². The Labute approximate surface area is 91.0 Å². The summed E-state index contributed by atoms with van der Waals surface area (Å²) in [6.45, 7) is -0.565. The van der Waals surface area contributed by atoms with E-state index < -0.39 is 29.3 Å². The minimum Gasteiger partial charge on any atom is -0.388 e. The standard InChI is InChI=1S/C7H5BrF2N2O3/c8-4-1-3(6(9)10)7(12(14)15)11-5(4)2-13/h1,6,13H,2H2. The molecule has 0 aliphatic carbocycles. The van der Waals surface area contributed by atoms with Crippen LogP contribution in [-0.2, 0) is 6.61 Å². The van der Waals surface area contributed by atoms with Crippen molar-refractivity contribution >= 4 is 21.7 Å². The number of nitrogens with zero attached hydrogens (tertiary/aromatic N) is 2. The minimum atomic E-state index is -2.98. The Morgan fingerprint density at radius 3 is 2.67 bits per heavy atom. The van der Waals surface area contributed by atoms with Crippen LogP contribution >= 0.6 is 15.9 Å². The second kappa shape index (κ2) is 4.58. The molecule has 8 heteroatoms. The maximum absolute atomic E-state index is 12.4. The van der Waals surface area contributed by atoms with Gasteiger partial charge in [0.05, 0.1) is 4.47 Å². The summed E-state index contributed by atoms with van der Waals surface area (Å²) in [6.07, 6.45) is -2.98. The molecule has 0 spiro atoms. The summed E-state index contributed by atoms with van der Waals surface area (Å²) < 4.78 is 24.9. The van der Waals surface area contributed by atoms with Crippen molar-refractivity contribution in [2.24, 2.45) is 0 Å². The fourth-order valence-electron chi connectivity index (χ4n) is 0.948. The summed E-state index contributed by atoms with van der Waals surface area (Å²) in [6, 6.07) is 0.890. The van der Waals surface area contributed by atoms with Crippen LogP contribution in [0.1, 0.15) is 17.7 Å². The zero-order valence-corrected chi connectivity index (χ0v) is 8.74. The SMILES string of the molecule is O=[N+]([O-])c1nc(CO)c(Br)cc1C(F)F. The molecule has 82 valence electrons. The molecule has 0 radical (unpaired) electrons. The summed E-state index contributed by atoms with van der Waals surface area (Å²) in [5, 5.41) is 19.2. The van der Waals surface area contributed by atoms with E-state index >= 15 is 0 Å². The second-order valence-electron chi connectivity index (χ2n) is 2.55. The molecule has 1 aromatic rings. The lowest BCUT2D eigenvalue weighted by atomic mass is 10.2. The van der Waals surface area contributed by atoms with Crippen molar-refractivity contribution in [2.45, 2.75) is 13.0 Å². The average molecular weight is 283 g/mol. The van der Waals surface area contributed by atoms with Gasteiger partial charge >= 0.3 is 5.82 Å². The van der Waals surface area contributed by atoms with Crippen molar-refractivity contribution in [1.82, 2.24) is 4.98 Å². The first-order valence-electron chi connectivity index (χ1n) is 3.70. The van der Waals surface area contributed by atoms with E-state index in [4.69, 9.17) is 5.11 Å². The topological polar surface area (TPSA) is 76.3 Å². The Morgan fingerprint density at radius 2 is 2.27 bits per heavy atom. The highest BCUT2D eigenvalue weighted by molar-refractivity contribution is 9.10. The zero-order chi connectivity index (χ0) is 11.6. The molecule has 0 aromatic carbocycles. The maximum Gasteiger partial charge on any atom is 0.372 e. The van der Waals surface area contributed by atoms with Crippen LogP contribution in [0.15, 0.2) is 10.5 Å². The van der Waals surface area contributed by atoms with E-state index in [1.807, 2.05) is 0 Å². The Morgan fingerprint density at radius 1 is 1.67 bits per heavy atom. The molecule has 1 heterocycles. The first-order valence-corrected chi connectivity index (χ1v) is 4.49. The van der Waals surface area contributed by atoms with Crippen LogP contribution in [0.25, 0.3) is 0 Å². The molecule has 15 heavy (non-hydrogen) atoms. The van der Waals surface area contributed by atoms with Crippen LogP contribution in [-0.4, -0.2) is 15.0 Å². The molecule has 0 amide bonds. The Hall–Kier alpha value is -1.15. The summed E-state index contributed by atoms with van der Waals surface area (Å²) in [4.78, 5) is 12.7. The summed E-state index contributed by atoms with van der Waals surface area (Å²) in [5.74, 6) is -0.933. The summed E-state index contributed by atoms with van der Waals surface area (Å²) >= 11 is 2.88. The molecule has 0 fully saturated rings. The van der Waals surface area contributed by atoms with Crippen molar-refractivity contribution in [3.05, 3.63) is 31.9 Å². The zero-order valence-electron chi connectivity index (χ0n) is 7.15. The quantitative estimate of drug-likeness (QED) is 0.681. The Kier molecular flexibility index (Phi) is 3.64. The van der Waals surface area contributed by atoms with Crippen LogP contribution in [0, 0.1) is 10.1 Å². The monoisotopic (exact) mass is 282 g/mol. The number of rotatable bonds is 3. The first kappa shape index (κ1) is 11.9. The highest BCUT2D eigenvalue weighted by Gasteiger charge is 2.26. The number of nitro groups is 1. The fourth-order valence-corrected chi connectivity index (χ4v) is 1.41. The van der Waals surface area contributed by atoms with Crippen LogP contribution in [0.4, 0.5) is 14.6 Å². The lowest BCUT2D eigenvalue weighted by Gasteiger charge is -2.03. The van der Waals surface area contributed by atoms with E-state index in [0.29, 0.717) is 0 Å². The van der Waals surface area contributed by atoms with Crippen LogP contribution in [0.5, 0.6) is 0 Å². The third kappa shape index (κ3) is 2.45. The second-order valence-corrected chi connectivity index (χ2v) is 3.40. The first-order chi connectivity index (χ1) is 6.97. The highest BCUT2D eigenvalue weighted by Crippen LogP contribution is 2.31. The number of aromatic nitrogens is 1. The third-order valence-corrected chi connectivity index (χ3v) is 2.30. The van der Waals surface area contributed by atoms with Crippen molar-refractivity contribution in [3.63, 3.8) is 0 Å². The van der Waals surface area contributed by atoms with Crippen molar-refractivity contribution in [2.75, 3.05) is 0 Å². The predicted octanol–water partition coefficient (Wildman–Crippen LogP) is 2.18. The van der Waals surface area contributed by atoms with Gasteiger partial charge in [-0.1, -0.05) is 0 Å². The van der Waals surface area contributed by atoms with Gasteiger partial charge in [-0.05, 0) is 31.9 Å². The van der Waals surface area contributed by atoms with Crippen molar-refractivity contribution in [1.29, 1.82) is 0 Å². The van der Waals surface area contributed by atoms with Crippen molar-refractivity contribution in [3.8, 4) is 0 Å². The fraction of sp³-hybridized carbons (Fsp3) is 0.286. The van der Waals surface area contributed by atoms with E-state index in [1.54, 1.807) is 0 Å². The molecular formula is C7H5BrF2N2O3. The van der Waals surface area contributed by atoms with Gasteiger partial charge in [-0.15, -0.1) is 0 Å². The number of hydrogen-bond acceptors (Lipinski definition) is 4. The molecule has 0 saturated carbocycles. The largest absolute Gasteiger partial charge is 0.388 e. The van der Waals surface area contributed by atoms with E-state index in [-0.39, 0.29) is 10.2 Å². The van der Waals surface area contributed by atoms with E-state index in [0.717, 1.165) is 6.07 Å². The van der Waals surface area contributed by atoms with Gasteiger partial charge in [0, 0.05) is 0 Å². The van der Waals surface area contributed by atoms with Crippen LogP contribution in [0.2, 0.25) is 0 Å². The number of pyridine rings is 1. The van der Waals surface area contributed by atoms with Gasteiger partial charge in [-0.2, -0.15) is 0 Å². The van der Waals surface area contributed by atoms with Crippen LogP contribution in [0.3, 0.4) is 0 Å². The van der Waals surface area contributed by atoms with Gasteiger partial charge < -0.3 is 15.2 Å². The van der Waals surface area contributed by atoms with Gasteiger partial charge in [0.2, 0.25) is 0 Å². The molecule has 1 rings (SSSR count). The molecule has 5 nitrogen and oxygen atoms in total. The molecule has 0 bridgehead atoms. The number of aliphatic hydroxyl groups excluding tert-OH is 1. The number of alkyl halides is 2. The lowest BCUT2D eigenvalue weighted by molar-refractivity contribution is -0.391. The Bertz CT molecular complexity index is 400. The van der Waals surface area contributed by atoms with Gasteiger partial charge in [-0.3, -0.25) is 0 Å². The molecule has 0 aliphatic heterocycles. The summed E-state index contributed by atoms with van der Waals surface area (Å²) in [5.41, 5.74) is -0.824. The van der Waals surface area contributed by atoms with Gasteiger partial charge in [0.15, 0.2) is 5.69 Å². The Balaban J connectivity index is 3.39. The lowest BCUT2D eigenvalue weighted by Crippen LogP contribution is -2.03. The van der Waals surface area contributed by atoms with Gasteiger partial charge in [0.25, 0.3) is 6.43 Å². The molecule has 0 atom stereocenters. The number of aliphatic hydroxyl groups is 1. The molecule has 0 unspecified atom stereocenters. The summed E-state index contributed by atoms with van der Waals surface area (Å²) in [7, 11) is 0. The number of hydrogen-bond donors (Lipinski definition) is 1.